The monoisotopic (exact) mass is 140 g/mol. The van der Waals surface area contributed by atoms with Gasteiger partial charge in [0.25, 0.3) is 0 Å². The van der Waals surface area contributed by atoms with Crippen LogP contribution in [0.15, 0.2) is 0 Å². The van der Waals surface area contributed by atoms with E-state index in [9.17, 15) is 0 Å². The molecule has 1 aliphatic carbocycles. The summed E-state index contributed by atoms with van der Waals surface area (Å²) < 4.78 is 5.86. The van der Waals surface area contributed by atoms with E-state index in [1.807, 2.05) is 0 Å². The molecule has 1 heterocycles. The van der Waals surface area contributed by atoms with Gasteiger partial charge in [0.05, 0.1) is 11.7 Å². The largest absolute Gasteiger partial charge is 0.372 e. The van der Waals surface area contributed by atoms with E-state index >= 15 is 0 Å². The van der Waals surface area contributed by atoms with Crippen LogP contribution in [-0.2, 0) is 4.74 Å². The van der Waals surface area contributed by atoms with Gasteiger partial charge >= 0.3 is 0 Å². The quantitative estimate of drug-likeness (QED) is 0.502. The zero-order chi connectivity index (χ0) is 7.19. The highest BCUT2D eigenvalue weighted by Crippen LogP contribution is 2.49. The van der Waals surface area contributed by atoms with Gasteiger partial charge in [0.2, 0.25) is 0 Å². The fraction of sp³-hybridized carbons (Fsp3) is 1.00. The number of rotatable bonds is 0. The molecule has 0 aromatic rings. The summed E-state index contributed by atoms with van der Waals surface area (Å²) in [6, 6.07) is 0. The summed E-state index contributed by atoms with van der Waals surface area (Å²) >= 11 is 0. The van der Waals surface area contributed by atoms with Crippen LogP contribution in [0, 0.1) is 5.92 Å². The van der Waals surface area contributed by atoms with Crippen molar-refractivity contribution in [2.75, 3.05) is 0 Å². The Bertz CT molecular complexity index is 126. The third kappa shape index (κ3) is 1.07. The molecule has 0 bridgehead atoms. The van der Waals surface area contributed by atoms with E-state index in [-0.39, 0.29) is 0 Å². The predicted octanol–water partition coefficient (Wildman–Crippen LogP) is 2.35. The van der Waals surface area contributed by atoms with E-state index < -0.39 is 0 Å². The van der Waals surface area contributed by atoms with Crippen molar-refractivity contribution >= 4 is 0 Å². The number of hydrogen-bond acceptors (Lipinski definition) is 1. The van der Waals surface area contributed by atoms with Crippen LogP contribution < -0.4 is 0 Å². The number of hydrogen-bond donors (Lipinski definition) is 0. The Morgan fingerprint density at radius 2 is 2.00 bits per heavy atom. The standard InChI is InChI=1S/C9H16O/c1-7-5-8(2)10-9(6-7)3-4-9/h7-8H,3-6H2,1-2H3/t7?,8-/m1/s1. The summed E-state index contributed by atoms with van der Waals surface area (Å²) in [6.45, 7) is 4.55. The van der Waals surface area contributed by atoms with Crippen molar-refractivity contribution in [3.05, 3.63) is 0 Å². The van der Waals surface area contributed by atoms with E-state index in [1.165, 1.54) is 25.7 Å². The first-order chi connectivity index (χ1) is 4.70. The highest BCUT2D eigenvalue weighted by atomic mass is 16.5. The van der Waals surface area contributed by atoms with Gasteiger partial charge in [-0.3, -0.25) is 0 Å². The average molecular weight is 140 g/mol. The summed E-state index contributed by atoms with van der Waals surface area (Å²) in [5.41, 5.74) is 0.372. The molecule has 1 nitrogen and oxygen atoms in total. The Morgan fingerprint density at radius 3 is 2.50 bits per heavy atom. The Morgan fingerprint density at radius 1 is 1.30 bits per heavy atom. The van der Waals surface area contributed by atoms with Crippen molar-refractivity contribution in [1.82, 2.24) is 0 Å². The third-order valence-electron chi connectivity index (χ3n) is 2.71. The lowest BCUT2D eigenvalue weighted by Crippen LogP contribution is -2.31. The lowest BCUT2D eigenvalue weighted by atomic mass is 9.93. The van der Waals surface area contributed by atoms with Crippen LogP contribution in [0.25, 0.3) is 0 Å². The minimum absolute atomic E-state index is 0.372. The second-order valence-corrected chi connectivity index (χ2v) is 4.16. The molecule has 0 amide bonds. The van der Waals surface area contributed by atoms with Gasteiger partial charge in [0, 0.05) is 0 Å². The molecule has 0 aromatic heterocycles. The highest BCUT2D eigenvalue weighted by Gasteiger charge is 2.48. The molecular weight excluding hydrogens is 124 g/mol. The summed E-state index contributed by atoms with van der Waals surface area (Å²) in [6.07, 6.45) is 5.74. The molecule has 2 fully saturated rings. The molecule has 2 atom stereocenters. The van der Waals surface area contributed by atoms with Crippen molar-refractivity contribution in [3.8, 4) is 0 Å². The van der Waals surface area contributed by atoms with E-state index in [4.69, 9.17) is 4.74 Å². The number of ether oxygens (including phenoxy) is 1. The summed E-state index contributed by atoms with van der Waals surface area (Å²) in [7, 11) is 0. The van der Waals surface area contributed by atoms with Gasteiger partial charge in [-0.05, 0) is 38.5 Å². The van der Waals surface area contributed by atoms with Gasteiger partial charge < -0.3 is 4.74 Å². The SMILES string of the molecule is CC1C[C@@H](C)OC2(CC2)C1. The van der Waals surface area contributed by atoms with Crippen LogP contribution in [-0.4, -0.2) is 11.7 Å². The second kappa shape index (κ2) is 1.97. The molecule has 1 heteroatoms. The fourth-order valence-electron chi connectivity index (χ4n) is 2.27. The van der Waals surface area contributed by atoms with Crippen molar-refractivity contribution in [2.24, 2.45) is 5.92 Å². The van der Waals surface area contributed by atoms with Gasteiger partial charge in [-0.25, -0.2) is 0 Å². The van der Waals surface area contributed by atoms with Crippen LogP contribution >= 0.6 is 0 Å². The molecule has 0 radical (unpaired) electrons. The summed E-state index contributed by atoms with van der Waals surface area (Å²) in [5, 5.41) is 0. The molecule has 58 valence electrons. The summed E-state index contributed by atoms with van der Waals surface area (Å²) in [4.78, 5) is 0. The normalized spacial score (nSPS) is 43.8. The molecule has 1 unspecified atom stereocenters. The molecule has 0 aromatic carbocycles. The van der Waals surface area contributed by atoms with Crippen LogP contribution in [0.1, 0.15) is 39.5 Å². The van der Waals surface area contributed by atoms with Crippen LogP contribution in [0.5, 0.6) is 0 Å². The Labute approximate surface area is 62.8 Å². The molecule has 2 aliphatic rings. The Hall–Kier alpha value is -0.0400. The maximum Gasteiger partial charge on any atom is 0.0690 e. The zero-order valence-electron chi connectivity index (χ0n) is 6.89. The lowest BCUT2D eigenvalue weighted by Gasteiger charge is -2.32. The highest BCUT2D eigenvalue weighted by molar-refractivity contribution is 4.99. The van der Waals surface area contributed by atoms with Gasteiger partial charge in [0.15, 0.2) is 0 Å². The zero-order valence-corrected chi connectivity index (χ0v) is 6.89. The molecule has 10 heavy (non-hydrogen) atoms. The van der Waals surface area contributed by atoms with E-state index in [0.29, 0.717) is 11.7 Å². The maximum atomic E-state index is 5.86. The predicted molar refractivity (Wildman–Crippen MR) is 40.9 cm³/mol. The van der Waals surface area contributed by atoms with Gasteiger partial charge in [-0.2, -0.15) is 0 Å². The molecule has 1 spiro atoms. The molecule has 2 rings (SSSR count). The van der Waals surface area contributed by atoms with Gasteiger partial charge in [0.1, 0.15) is 0 Å². The Kier molecular flexibility index (Phi) is 1.31. The minimum atomic E-state index is 0.372. The van der Waals surface area contributed by atoms with Crippen molar-refractivity contribution in [3.63, 3.8) is 0 Å². The first-order valence-electron chi connectivity index (χ1n) is 4.38. The Balaban J connectivity index is 2.00. The minimum Gasteiger partial charge on any atom is -0.372 e. The third-order valence-corrected chi connectivity index (χ3v) is 2.71. The molecular formula is C9H16O. The topological polar surface area (TPSA) is 9.23 Å². The van der Waals surface area contributed by atoms with Gasteiger partial charge in [-0.1, -0.05) is 6.92 Å². The molecule has 1 saturated carbocycles. The van der Waals surface area contributed by atoms with Crippen molar-refractivity contribution < 1.29 is 4.74 Å². The van der Waals surface area contributed by atoms with Gasteiger partial charge in [-0.15, -0.1) is 0 Å². The van der Waals surface area contributed by atoms with Crippen LogP contribution in [0.4, 0.5) is 0 Å². The fourth-order valence-corrected chi connectivity index (χ4v) is 2.27. The van der Waals surface area contributed by atoms with Crippen LogP contribution in [0.3, 0.4) is 0 Å². The first-order valence-corrected chi connectivity index (χ1v) is 4.38. The summed E-state index contributed by atoms with van der Waals surface area (Å²) in [5.74, 6) is 0.895. The van der Waals surface area contributed by atoms with E-state index in [2.05, 4.69) is 13.8 Å². The lowest BCUT2D eigenvalue weighted by molar-refractivity contribution is -0.0758. The molecule has 1 aliphatic heterocycles. The van der Waals surface area contributed by atoms with E-state index in [1.54, 1.807) is 0 Å². The van der Waals surface area contributed by atoms with Crippen molar-refractivity contribution in [1.29, 1.82) is 0 Å². The molecule has 1 saturated heterocycles. The average Bonchev–Trinajstić information content (AvgIpc) is 2.44. The smallest absolute Gasteiger partial charge is 0.0690 e. The first kappa shape index (κ1) is 6.66. The maximum absolute atomic E-state index is 5.86. The van der Waals surface area contributed by atoms with Crippen LogP contribution in [0.2, 0.25) is 0 Å². The second-order valence-electron chi connectivity index (χ2n) is 4.16. The van der Waals surface area contributed by atoms with E-state index in [0.717, 1.165) is 5.92 Å². The van der Waals surface area contributed by atoms with Crippen molar-refractivity contribution in [2.45, 2.75) is 51.2 Å². The molecule has 0 N–H and O–H groups in total.